The Balaban J connectivity index is 0. The molecule has 8 N–H and O–H groups in total. The Kier molecular flexibility index (Phi) is 15.3. The van der Waals surface area contributed by atoms with Crippen LogP contribution in [-0.2, 0) is 10.0 Å². The zero-order valence-corrected chi connectivity index (χ0v) is 20.7. The van der Waals surface area contributed by atoms with Crippen molar-refractivity contribution in [1.29, 1.82) is 0 Å². The number of hydrogen-bond donors (Lipinski definition) is 5. The van der Waals surface area contributed by atoms with Gasteiger partial charge in [-0.2, -0.15) is 0 Å². The van der Waals surface area contributed by atoms with Gasteiger partial charge in [0.1, 0.15) is 5.69 Å². The number of benzene rings is 2. The predicted octanol–water partition coefficient (Wildman–Crippen LogP) is 3.75. The summed E-state index contributed by atoms with van der Waals surface area (Å²) >= 11 is 6.21. The lowest BCUT2D eigenvalue weighted by molar-refractivity contribution is 0.266. The van der Waals surface area contributed by atoms with E-state index in [0.29, 0.717) is 22.9 Å². The second-order valence-corrected chi connectivity index (χ2v) is 8.75. The molecule has 1 aromatic heterocycles. The number of aromatic nitrogens is 1. The molecule has 1 unspecified atom stereocenters. The Morgan fingerprint density at radius 3 is 1.94 bits per heavy atom. The van der Waals surface area contributed by atoms with Gasteiger partial charge in [-0.05, 0) is 12.1 Å². The first-order valence-electron chi connectivity index (χ1n) is 9.16. The third kappa shape index (κ3) is 11.2. The minimum Gasteiger partial charge on any atom is -0.439 e. The van der Waals surface area contributed by atoms with Crippen LogP contribution in [0.5, 0.6) is 0 Å². The summed E-state index contributed by atoms with van der Waals surface area (Å²) < 4.78 is 29.9. The quantitative estimate of drug-likeness (QED) is 0.240. The Bertz CT molecular complexity index is 1190. The normalized spacial score (nSPS) is 10.5. The molecule has 3 rings (SSSR count). The number of primary amides is 2. The van der Waals surface area contributed by atoms with E-state index in [-0.39, 0.29) is 23.7 Å². The zero-order valence-electron chi connectivity index (χ0n) is 18.1. The van der Waals surface area contributed by atoms with Crippen LogP contribution < -0.4 is 16.6 Å². The lowest BCUT2D eigenvalue weighted by Crippen LogP contribution is -2.13. The van der Waals surface area contributed by atoms with E-state index in [0.717, 1.165) is 5.56 Å². The Labute approximate surface area is 215 Å². The highest BCUT2D eigenvalue weighted by atomic mass is 32.2. The van der Waals surface area contributed by atoms with Crippen LogP contribution in [0, 0.1) is 0 Å². The highest BCUT2D eigenvalue weighted by molar-refractivity contribution is 7.96. The van der Waals surface area contributed by atoms with E-state index < -0.39 is 20.5 Å². The van der Waals surface area contributed by atoms with Gasteiger partial charge in [-0.25, -0.2) is 18.5 Å². The molecule has 1 atom stereocenters. The van der Waals surface area contributed by atoms with Crippen LogP contribution in [0.25, 0.3) is 22.6 Å². The van der Waals surface area contributed by atoms with Crippen molar-refractivity contribution in [2.24, 2.45) is 16.6 Å². The van der Waals surface area contributed by atoms with Gasteiger partial charge in [0.2, 0.25) is 15.9 Å². The largest absolute Gasteiger partial charge is 0.439 e. The Hall–Kier alpha value is -3.10. The summed E-state index contributed by atoms with van der Waals surface area (Å²) in [6.07, 6.45) is 1.72. The second kappa shape index (κ2) is 15.7. The number of sulfonamides is 1. The molecule has 2 aromatic carbocycles. The monoisotopic (exact) mass is 542 g/mol. The number of nitrogens with two attached hydrogens (primary N) is 3. The number of allylic oxidation sites excluding steroid dienone is 1. The van der Waals surface area contributed by atoms with Crippen LogP contribution in [0.3, 0.4) is 0 Å². The average Bonchev–Trinajstić information content (AvgIpc) is 3.18. The number of primary sulfonamides is 1. The van der Waals surface area contributed by atoms with E-state index in [1.54, 1.807) is 24.3 Å². The lowest BCUT2D eigenvalue weighted by atomic mass is 10.1. The summed E-state index contributed by atoms with van der Waals surface area (Å²) in [7, 11) is -3.91. The summed E-state index contributed by atoms with van der Waals surface area (Å²) in [6, 6.07) is 15.9. The van der Waals surface area contributed by atoms with E-state index in [9.17, 15) is 8.42 Å². The number of nitrogens with zero attached hydrogens (tertiary/aromatic N) is 1. The fourth-order valence-corrected chi connectivity index (χ4v) is 3.24. The van der Waals surface area contributed by atoms with Gasteiger partial charge >= 0.3 is 0 Å². The standard InChI is InChI=1S/C19H18N2O3S.2CH3NOS.CH4.H2O/c1-3-13(2)19-21-17(14-9-5-4-6-10-14)18(24-19)15-11-7-8-12-16(15)25(20,22)23;2*2-1(3)4;;/h3-13H,1H2,2H3,(H2,20,22,23);2*(H3,2,3,4);1H4;1H2. The molecule has 3 aromatic rings. The maximum atomic E-state index is 12.0. The Morgan fingerprint density at radius 1 is 1.03 bits per heavy atom. The van der Waals surface area contributed by atoms with Crippen LogP contribution in [0.1, 0.15) is 26.2 Å². The molecular formula is C22H30N4O6S3. The van der Waals surface area contributed by atoms with Gasteiger partial charge < -0.3 is 21.4 Å². The number of amides is 2. The van der Waals surface area contributed by atoms with Gasteiger partial charge in [0, 0.05) is 11.1 Å². The van der Waals surface area contributed by atoms with Gasteiger partial charge in [-0.1, -0.05) is 88.1 Å². The number of carbonyl (C=O) groups is 2. The highest BCUT2D eigenvalue weighted by Gasteiger charge is 2.24. The van der Waals surface area contributed by atoms with E-state index >= 15 is 0 Å². The fraction of sp³-hybridized carbons (Fsp3) is 0.136. The van der Waals surface area contributed by atoms with Crippen molar-refractivity contribution in [2.45, 2.75) is 25.2 Å². The highest BCUT2D eigenvalue weighted by Crippen LogP contribution is 2.37. The molecule has 0 bridgehead atoms. The van der Waals surface area contributed by atoms with Crippen molar-refractivity contribution in [3.8, 4) is 22.6 Å². The molecule has 1 heterocycles. The molecule has 13 heteroatoms. The van der Waals surface area contributed by atoms with Crippen LogP contribution in [0.15, 0.2) is 76.6 Å². The molecule has 0 fully saturated rings. The number of hydrogen-bond acceptors (Lipinski definition) is 6. The van der Waals surface area contributed by atoms with Crippen LogP contribution in [0.4, 0.5) is 9.59 Å². The van der Waals surface area contributed by atoms with Crippen molar-refractivity contribution in [2.75, 3.05) is 0 Å². The van der Waals surface area contributed by atoms with Crippen molar-refractivity contribution < 1.29 is 27.9 Å². The van der Waals surface area contributed by atoms with Gasteiger partial charge in [0.05, 0.1) is 10.8 Å². The van der Waals surface area contributed by atoms with Gasteiger partial charge in [-0.3, -0.25) is 9.59 Å². The van der Waals surface area contributed by atoms with Crippen LogP contribution in [0.2, 0.25) is 0 Å². The first-order valence-corrected chi connectivity index (χ1v) is 11.6. The molecule has 192 valence electrons. The lowest BCUT2D eigenvalue weighted by Gasteiger charge is -2.07. The summed E-state index contributed by atoms with van der Waals surface area (Å²) in [6.45, 7) is 5.67. The smallest absolute Gasteiger partial charge is 0.273 e. The van der Waals surface area contributed by atoms with E-state index in [1.807, 2.05) is 37.3 Å². The molecule has 0 saturated carbocycles. The topological polar surface area (TPSA) is 204 Å². The molecule has 0 aliphatic heterocycles. The van der Waals surface area contributed by atoms with E-state index in [2.05, 4.69) is 48.3 Å². The summed E-state index contributed by atoms with van der Waals surface area (Å²) in [5, 5.41) is 4.09. The van der Waals surface area contributed by atoms with E-state index in [1.165, 1.54) is 6.07 Å². The maximum Gasteiger partial charge on any atom is 0.273 e. The molecule has 2 amide bonds. The fourth-order valence-electron chi connectivity index (χ4n) is 2.51. The van der Waals surface area contributed by atoms with Gasteiger partial charge in [0.15, 0.2) is 5.76 Å². The maximum absolute atomic E-state index is 12.0. The molecule has 10 nitrogen and oxygen atoms in total. The third-order valence-corrected chi connectivity index (χ3v) is 4.84. The first-order chi connectivity index (χ1) is 15.4. The minimum atomic E-state index is -3.91. The number of oxazole rings is 1. The summed E-state index contributed by atoms with van der Waals surface area (Å²) in [5.74, 6) is 0.727. The van der Waals surface area contributed by atoms with Crippen molar-refractivity contribution in [1.82, 2.24) is 4.98 Å². The van der Waals surface area contributed by atoms with Crippen LogP contribution >= 0.6 is 25.3 Å². The molecule has 0 aliphatic rings. The van der Waals surface area contributed by atoms with Crippen molar-refractivity contribution in [3.63, 3.8) is 0 Å². The first kappa shape index (κ1) is 34.1. The summed E-state index contributed by atoms with van der Waals surface area (Å²) in [4.78, 5) is 22.8. The molecule has 0 aliphatic carbocycles. The SMILES string of the molecule is C.C=CC(C)c1nc(-c2ccccc2)c(-c2ccccc2S(N)(=O)=O)o1.NC(=O)S.NC(=O)S.O. The second-order valence-electron chi connectivity index (χ2n) is 6.34. The van der Waals surface area contributed by atoms with Crippen LogP contribution in [-0.4, -0.2) is 29.4 Å². The molecule has 0 spiro atoms. The summed E-state index contributed by atoms with van der Waals surface area (Å²) in [5.41, 5.74) is 10.5. The Morgan fingerprint density at radius 2 is 1.49 bits per heavy atom. The number of rotatable bonds is 5. The van der Waals surface area contributed by atoms with Gasteiger partial charge in [0.25, 0.3) is 10.5 Å². The number of thiol groups is 2. The molecule has 35 heavy (non-hydrogen) atoms. The van der Waals surface area contributed by atoms with Crippen molar-refractivity contribution >= 4 is 45.8 Å². The van der Waals surface area contributed by atoms with Gasteiger partial charge in [-0.15, -0.1) is 6.58 Å². The molecule has 0 saturated heterocycles. The number of carbonyl (C=O) groups excluding carboxylic acids is 2. The molecule has 0 radical (unpaired) electrons. The predicted molar refractivity (Wildman–Crippen MR) is 145 cm³/mol. The third-order valence-electron chi connectivity index (χ3n) is 3.87. The van der Waals surface area contributed by atoms with E-state index in [4.69, 9.17) is 19.1 Å². The zero-order chi connectivity index (χ0) is 25.2. The van der Waals surface area contributed by atoms with Crippen molar-refractivity contribution in [3.05, 3.63) is 73.1 Å². The average molecular weight is 543 g/mol. The minimum absolute atomic E-state index is 0. The molecular weight excluding hydrogens is 512 g/mol.